The van der Waals surface area contributed by atoms with E-state index >= 15 is 0 Å². The fourth-order valence-corrected chi connectivity index (χ4v) is 3.89. The van der Waals surface area contributed by atoms with E-state index in [1.165, 1.54) is 6.07 Å². The van der Waals surface area contributed by atoms with Gasteiger partial charge >= 0.3 is 6.29 Å². The smallest absolute Gasteiger partial charge is 0.395 e. The zero-order valence-electron chi connectivity index (χ0n) is 15.1. The van der Waals surface area contributed by atoms with E-state index in [0.29, 0.717) is 27.4 Å². The van der Waals surface area contributed by atoms with Crippen LogP contribution in [-0.2, 0) is 6.54 Å². The molecule has 0 aromatic heterocycles. The molecule has 5 nitrogen and oxygen atoms in total. The number of halogens is 4. The molecule has 1 saturated heterocycles. The van der Waals surface area contributed by atoms with E-state index in [9.17, 15) is 8.78 Å². The van der Waals surface area contributed by atoms with Gasteiger partial charge in [-0.3, -0.25) is 4.90 Å². The van der Waals surface area contributed by atoms with E-state index in [1.807, 2.05) is 6.07 Å². The molecule has 0 radical (unpaired) electrons. The third-order valence-corrected chi connectivity index (χ3v) is 5.90. The number of nitrogens with one attached hydrogen (secondary N) is 1. The summed E-state index contributed by atoms with van der Waals surface area (Å²) in [6.07, 6.45) is -3.60. The van der Waals surface area contributed by atoms with Crippen molar-refractivity contribution in [3.8, 4) is 11.5 Å². The summed E-state index contributed by atoms with van der Waals surface area (Å²) in [5, 5.41) is 4.62. The number of rotatable bonds is 3. The first-order valence-electron chi connectivity index (χ1n) is 8.92. The standard InChI is InChI=1S/C19H17Cl2F2N3O2S/c20-13-2-1-3-14(17(13)21)24-18(29)26-8-6-25(7-9-26)11-12-4-5-15-16(10-12)28-19(22,23)27-15/h1-5,10H,6-9,11H2,(H,24,29). The van der Waals surface area contributed by atoms with Crippen LogP contribution in [-0.4, -0.2) is 47.4 Å². The molecule has 0 spiro atoms. The Labute approximate surface area is 182 Å². The van der Waals surface area contributed by atoms with Crippen LogP contribution in [0.1, 0.15) is 5.56 Å². The van der Waals surface area contributed by atoms with Crippen LogP contribution in [0.4, 0.5) is 14.5 Å². The monoisotopic (exact) mass is 459 g/mol. The lowest BCUT2D eigenvalue weighted by Crippen LogP contribution is -2.49. The van der Waals surface area contributed by atoms with Crippen LogP contribution in [0, 0.1) is 0 Å². The Morgan fingerprint density at radius 1 is 1.07 bits per heavy atom. The minimum atomic E-state index is -3.60. The highest BCUT2D eigenvalue weighted by atomic mass is 35.5. The molecule has 0 aliphatic carbocycles. The Kier molecular flexibility index (Phi) is 5.70. The summed E-state index contributed by atoms with van der Waals surface area (Å²) in [7, 11) is 0. The molecule has 0 amide bonds. The number of anilines is 1. The summed E-state index contributed by atoms with van der Waals surface area (Å²) in [5.74, 6) is 0.120. The molecular formula is C19H17Cl2F2N3O2S. The average Bonchev–Trinajstić information content (AvgIpc) is 2.99. The quantitative estimate of drug-likeness (QED) is 0.662. The van der Waals surface area contributed by atoms with Crippen molar-refractivity contribution in [1.82, 2.24) is 9.80 Å². The van der Waals surface area contributed by atoms with Crippen LogP contribution in [0.2, 0.25) is 10.0 Å². The third-order valence-electron chi connectivity index (χ3n) is 4.72. The Hall–Kier alpha value is -1.87. The van der Waals surface area contributed by atoms with Gasteiger partial charge < -0.3 is 19.7 Å². The van der Waals surface area contributed by atoms with Crippen LogP contribution in [0.3, 0.4) is 0 Å². The van der Waals surface area contributed by atoms with E-state index in [4.69, 9.17) is 35.4 Å². The fourth-order valence-electron chi connectivity index (χ4n) is 3.25. The predicted molar refractivity (Wildman–Crippen MR) is 112 cm³/mol. The van der Waals surface area contributed by atoms with E-state index in [-0.39, 0.29) is 11.5 Å². The van der Waals surface area contributed by atoms with E-state index < -0.39 is 6.29 Å². The number of benzene rings is 2. The highest BCUT2D eigenvalue weighted by Gasteiger charge is 2.43. The molecule has 2 aliphatic heterocycles. The maximum atomic E-state index is 13.2. The van der Waals surface area contributed by atoms with Crippen molar-refractivity contribution >= 4 is 46.2 Å². The van der Waals surface area contributed by atoms with Crippen molar-refractivity contribution in [3.63, 3.8) is 0 Å². The van der Waals surface area contributed by atoms with E-state index in [0.717, 1.165) is 31.7 Å². The maximum absolute atomic E-state index is 13.2. The molecule has 10 heteroatoms. The summed E-state index contributed by atoms with van der Waals surface area (Å²) < 4.78 is 35.3. The van der Waals surface area contributed by atoms with Crippen molar-refractivity contribution in [2.45, 2.75) is 12.8 Å². The molecule has 0 saturated carbocycles. The topological polar surface area (TPSA) is 37.0 Å². The lowest BCUT2D eigenvalue weighted by Gasteiger charge is -2.36. The van der Waals surface area contributed by atoms with Gasteiger partial charge in [0.15, 0.2) is 16.6 Å². The van der Waals surface area contributed by atoms with Crippen molar-refractivity contribution < 1.29 is 18.3 Å². The number of alkyl halides is 2. The first-order chi connectivity index (χ1) is 13.8. The Morgan fingerprint density at radius 3 is 2.55 bits per heavy atom. The summed E-state index contributed by atoms with van der Waals surface area (Å²) in [5.41, 5.74) is 1.55. The van der Waals surface area contributed by atoms with Gasteiger partial charge in [0, 0.05) is 32.7 Å². The number of piperazine rings is 1. The molecule has 1 N–H and O–H groups in total. The van der Waals surface area contributed by atoms with Crippen LogP contribution in [0.15, 0.2) is 36.4 Å². The highest BCUT2D eigenvalue weighted by molar-refractivity contribution is 7.80. The number of ether oxygens (including phenoxy) is 2. The van der Waals surface area contributed by atoms with Crippen LogP contribution < -0.4 is 14.8 Å². The second kappa shape index (κ2) is 8.10. The van der Waals surface area contributed by atoms with Gasteiger partial charge in [0.05, 0.1) is 15.7 Å². The second-order valence-corrected chi connectivity index (χ2v) is 7.92. The molecule has 0 atom stereocenters. The van der Waals surface area contributed by atoms with Gasteiger partial charge in [-0.15, -0.1) is 8.78 Å². The zero-order chi connectivity index (χ0) is 20.6. The van der Waals surface area contributed by atoms with Gasteiger partial charge in [-0.1, -0.05) is 35.3 Å². The number of hydrogen-bond acceptors (Lipinski definition) is 4. The van der Waals surface area contributed by atoms with Crippen molar-refractivity contribution in [1.29, 1.82) is 0 Å². The first-order valence-corrected chi connectivity index (χ1v) is 10.1. The molecule has 2 aromatic carbocycles. The average molecular weight is 460 g/mol. The van der Waals surface area contributed by atoms with Gasteiger partial charge in [0.25, 0.3) is 0 Å². The lowest BCUT2D eigenvalue weighted by atomic mass is 10.1. The number of nitrogens with zero attached hydrogens (tertiary/aromatic N) is 2. The normalized spacial score (nSPS) is 18.0. The minimum Gasteiger partial charge on any atom is -0.395 e. The minimum absolute atomic E-state index is 0.0552. The number of fused-ring (bicyclic) bond motifs is 1. The van der Waals surface area contributed by atoms with Gasteiger partial charge in [0.1, 0.15) is 0 Å². The molecule has 4 rings (SSSR count). The van der Waals surface area contributed by atoms with Crippen LogP contribution in [0.5, 0.6) is 11.5 Å². The first kappa shape index (κ1) is 20.4. The zero-order valence-corrected chi connectivity index (χ0v) is 17.5. The van der Waals surface area contributed by atoms with Gasteiger partial charge in [-0.05, 0) is 42.0 Å². The van der Waals surface area contributed by atoms with Crippen LogP contribution in [0.25, 0.3) is 0 Å². The summed E-state index contributed by atoms with van der Waals surface area (Å²) >= 11 is 17.7. The molecule has 154 valence electrons. The molecule has 29 heavy (non-hydrogen) atoms. The summed E-state index contributed by atoms with van der Waals surface area (Å²) in [6, 6.07) is 10.2. The summed E-state index contributed by atoms with van der Waals surface area (Å²) in [6.45, 7) is 3.63. The summed E-state index contributed by atoms with van der Waals surface area (Å²) in [4.78, 5) is 4.28. The second-order valence-electron chi connectivity index (χ2n) is 6.74. The molecule has 2 aliphatic rings. The number of hydrogen-bond donors (Lipinski definition) is 1. The van der Waals surface area contributed by atoms with Crippen molar-refractivity contribution in [3.05, 3.63) is 52.0 Å². The van der Waals surface area contributed by atoms with Crippen LogP contribution >= 0.6 is 35.4 Å². The molecule has 0 bridgehead atoms. The lowest BCUT2D eigenvalue weighted by molar-refractivity contribution is -0.286. The molecule has 2 heterocycles. The van der Waals surface area contributed by atoms with E-state index in [1.54, 1.807) is 24.3 Å². The maximum Gasteiger partial charge on any atom is 0.586 e. The van der Waals surface area contributed by atoms with Gasteiger partial charge in [0.2, 0.25) is 0 Å². The van der Waals surface area contributed by atoms with Crippen molar-refractivity contribution in [2.75, 3.05) is 31.5 Å². The Balaban J connectivity index is 1.31. The van der Waals surface area contributed by atoms with Gasteiger partial charge in [-0.2, -0.15) is 0 Å². The predicted octanol–water partition coefficient (Wildman–Crippen LogP) is 4.83. The molecule has 1 fully saturated rings. The highest BCUT2D eigenvalue weighted by Crippen LogP contribution is 2.41. The van der Waals surface area contributed by atoms with Gasteiger partial charge in [-0.25, -0.2) is 0 Å². The Morgan fingerprint density at radius 2 is 1.79 bits per heavy atom. The van der Waals surface area contributed by atoms with Crippen molar-refractivity contribution in [2.24, 2.45) is 0 Å². The third kappa shape index (κ3) is 4.66. The fraction of sp³-hybridized carbons (Fsp3) is 0.316. The molecular weight excluding hydrogens is 443 g/mol. The largest absolute Gasteiger partial charge is 0.586 e. The Bertz CT molecular complexity index is 940. The SMILES string of the molecule is FC1(F)Oc2ccc(CN3CCN(C(=S)Nc4cccc(Cl)c4Cl)CC3)cc2O1. The molecule has 0 unspecified atom stereocenters. The van der Waals surface area contributed by atoms with E-state index in [2.05, 4.69) is 24.6 Å². The molecule has 2 aromatic rings. The number of thiocarbonyl (C=S) groups is 1.